The first-order valence-electron chi connectivity index (χ1n) is 9.28. The Morgan fingerprint density at radius 2 is 1.93 bits per heavy atom. The first-order chi connectivity index (χ1) is 13.6. The highest BCUT2D eigenvalue weighted by Crippen LogP contribution is 2.44. The average molecular weight is 393 g/mol. The maximum Gasteiger partial charge on any atom is 0.255 e. The Hall–Kier alpha value is -2.85. The minimum Gasteiger partial charge on any atom is -0.488 e. The van der Waals surface area contributed by atoms with Gasteiger partial charge in [0.15, 0.2) is 0 Å². The van der Waals surface area contributed by atoms with Crippen LogP contribution in [0.25, 0.3) is 0 Å². The molecule has 28 heavy (non-hydrogen) atoms. The second-order valence-corrected chi connectivity index (χ2v) is 7.60. The van der Waals surface area contributed by atoms with E-state index < -0.39 is 0 Å². The third-order valence-corrected chi connectivity index (χ3v) is 5.20. The van der Waals surface area contributed by atoms with Gasteiger partial charge >= 0.3 is 0 Å². The highest BCUT2D eigenvalue weighted by molar-refractivity contribution is 6.30. The van der Waals surface area contributed by atoms with E-state index in [1.165, 1.54) is 0 Å². The van der Waals surface area contributed by atoms with Crippen molar-refractivity contribution < 1.29 is 9.53 Å². The fourth-order valence-corrected chi connectivity index (χ4v) is 3.30. The summed E-state index contributed by atoms with van der Waals surface area (Å²) in [5.41, 5.74) is 3.09. The number of aryl methyl sites for hydroxylation is 1. The van der Waals surface area contributed by atoms with Crippen LogP contribution < -0.4 is 10.1 Å². The largest absolute Gasteiger partial charge is 0.488 e. The first kappa shape index (κ1) is 18.5. The van der Waals surface area contributed by atoms with E-state index in [1.54, 1.807) is 6.20 Å². The van der Waals surface area contributed by atoms with Crippen molar-refractivity contribution in [3.05, 3.63) is 94.3 Å². The number of hydrogen-bond acceptors (Lipinski definition) is 3. The lowest BCUT2D eigenvalue weighted by molar-refractivity contribution is 0.0925. The van der Waals surface area contributed by atoms with E-state index in [0.29, 0.717) is 22.9 Å². The first-order valence-corrected chi connectivity index (χ1v) is 9.65. The Balaban J connectivity index is 1.52. The molecule has 4 nitrogen and oxygen atoms in total. The number of nitrogens with one attached hydrogen (secondary N) is 1. The number of aromatic nitrogens is 1. The Kier molecular flexibility index (Phi) is 5.05. The Bertz CT molecular complexity index is 983. The maximum atomic E-state index is 13.0. The molecule has 5 heteroatoms. The van der Waals surface area contributed by atoms with Crippen LogP contribution in [0.2, 0.25) is 5.02 Å². The summed E-state index contributed by atoms with van der Waals surface area (Å²) in [5, 5.41) is 3.85. The average Bonchev–Trinajstić information content (AvgIpc) is 3.49. The molecule has 142 valence electrons. The summed E-state index contributed by atoms with van der Waals surface area (Å²) in [6.45, 7) is 2.35. The van der Waals surface area contributed by atoms with Gasteiger partial charge in [0.25, 0.3) is 5.91 Å². The number of amides is 1. The van der Waals surface area contributed by atoms with Crippen LogP contribution in [0, 0.1) is 6.92 Å². The van der Waals surface area contributed by atoms with Gasteiger partial charge in [0.05, 0.1) is 16.8 Å². The van der Waals surface area contributed by atoms with Crippen LogP contribution in [-0.2, 0) is 12.1 Å². The molecule has 0 atom stereocenters. The van der Waals surface area contributed by atoms with Crippen molar-refractivity contribution in [1.82, 2.24) is 10.3 Å². The molecule has 0 aliphatic heterocycles. The highest BCUT2D eigenvalue weighted by Gasteiger charge is 2.47. The van der Waals surface area contributed by atoms with Crippen molar-refractivity contribution in [2.24, 2.45) is 0 Å². The van der Waals surface area contributed by atoms with Gasteiger partial charge in [-0.15, -0.1) is 0 Å². The summed E-state index contributed by atoms with van der Waals surface area (Å²) in [5.74, 6) is 0.429. The third-order valence-electron chi connectivity index (χ3n) is 4.95. The second kappa shape index (κ2) is 7.64. The van der Waals surface area contributed by atoms with Gasteiger partial charge in [-0.05, 0) is 67.3 Å². The molecular formula is C23H21ClN2O2. The van der Waals surface area contributed by atoms with Gasteiger partial charge in [0.2, 0.25) is 0 Å². The minimum atomic E-state index is -0.364. The minimum absolute atomic E-state index is 0.144. The van der Waals surface area contributed by atoms with E-state index in [1.807, 2.05) is 67.6 Å². The lowest BCUT2D eigenvalue weighted by atomic mass is 10.1. The summed E-state index contributed by atoms with van der Waals surface area (Å²) in [4.78, 5) is 17.4. The summed E-state index contributed by atoms with van der Waals surface area (Å²) in [6, 6.07) is 18.9. The molecule has 0 saturated heterocycles. The molecule has 0 bridgehead atoms. The lowest BCUT2D eigenvalue weighted by Gasteiger charge is -2.19. The van der Waals surface area contributed by atoms with Crippen molar-refractivity contribution in [3.63, 3.8) is 0 Å². The molecule has 1 N–H and O–H groups in total. The van der Waals surface area contributed by atoms with Crippen molar-refractivity contribution in [1.29, 1.82) is 0 Å². The second-order valence-electron chi connectivity index (χ2n) is 7.17. The smallest absolute Gasteiger partial charge is 0.255 e. The summed E-state index contributed by atoms with van der Waals surface area (Å²) >= 11 is 5.94. The van der Waals surface area contributed by atoms with Gasteiger partial charge in [-0.1, -0.05) is 35.9 Å². The van der Waals surface area contributed by atoms with Crippen molar-refractivity contribution in [2.45, 2.75) is 31.9 Å². The molecule has 1 saturated carbocycles. The van der Waals surface area contributed by atoms with Crippen LogP contribution >= 0.6 is 11.6 Å². The van der Waals surface area contributed by atoms with Crippen molar-refractivity contribution in [2.75, 3.05) is 0 Å². The maximum absolute atomic E-state index is 13.0. The lowest BCUT2D eigenvalue weighted by Crippen LogP contribution is -2.35. The zero-order valence-corrected chi connectivity index (χ0v) is 16.4. The van der Waals surface area contributed by atoms with Gasteiger partial charge in [-0.3, -0.25) is 9.78 Å². The number of pyridine rings is 1. The van der Waals surface area contributed by atoms with Crippen LogP contribution in [0.5, 0.6) is 5.75 Å². The van der Waals surface area contributed by atoms with Gasteiger partial charge in [0.1, 0.15) is 12.4 Å². The molecule has 1 aromatic heterocycles. The van der Waals surface area contributed by atoms with Crippen LogP contribution in [0.1, 0.15) is 40.0 Å². The molecular weight excluding hydrogens is 372 g/mol. The molecule has 1 aliphatic rings. The zero-order valence-electron chi connectivity index (χ0n) is 15.6. The highest BCUT2D eigenvalue weighted by atomic mass is 35.5. The quantitative estimate of drug-likeness (QED) is 0.639. The molecule has 1 aliphatic carbocycles. The molecule has 0 radical (unpaired) electrons. The topological polar surface area (TPSA) is 51.2 Å². The molecule has 4 rings (SSSR count). The zero-order chi connectivity index (χ0) is 19.6. The van der Waals surface area contributed by atoms with E-state index in [4.69, 9.17) is 16.3 Å². The summed E-state index contributed by atoms with van der Waals surface area (Å²) < 4.78 is 5.99. The molecule has 1 amide bonds. The predicted octanol–water partition coefficient (Wildman–Crippen LogP) is 5.04. The standard InChI is InChI=1S/C23H21ClN2O2/c1-16-5-10-19(20(14-16)28-15-17-6-8-18(24)9-7-17)22(27)26-23(11-12-23)21-4-2-3-13-25-21/h2-10,13-14H,11-12,15H2,1H3,(H,26,27). The monoisotopic (exact) mass is 392 g/mol. The van der Waals surface area contributed by atoms with E-state index in [2.05, 4.69) is 10.3 Å². The van der Waals surface area contributed by atoms with E-state index >= 15 is 0 Å². The van der Waals surface area contributed by atoms with E-state index in [-0.39, 0.29) is 11.4 Å². The SMILES string of the molecule is Cc1ccc(C(=O)NC2(c3ccccn3)CC2)c(OCc2ccc(Cl)cc2)c1. The number of nitrogens with zero attached hydrogens (tertiary/aromatic N) is 1. The van der Waals surface area contributed by atoms with Crippen LogP contribution in [0.3, 0.4) is 0 Å². The number of ether oxygens (including phenoxy) is 1. The van der Waals surface area contributed by atoms with Gasteiger partial charge < -0.3 is 10.1 Å². The Morgan fingerprint density at radius 1 is 1.14 bits per heavy atom. The van der Waals surface area contributed by atoms with Crippen LogP contribution in [-0.4, -0.2) is 10.9 Å². The van der Waals surface area contributed by atoms with Gasteiger partial charge in [-0.2, -0.15) is 0 Å². The molecule has 3 aromatic rings. The molecule has 1 fully saturated rings. The fourth-order valence-electron chi connectivity index (χ4n) is 3.18. The molecule has 2 aromatic carbocycles. The normalized spacial score (nSPS) is 14.4. The number of benzene rings is 2. The third kappa shape index (κ3) is 4.02. The Morgan fingerprint density at radius 3 is 2.61 bits per heavy atom. The molecule has 0 unspecified atom stereocenters. The predicted molar refractivity (Wildman–Crippen MR) is 110 cm³/mol. The summed E-state index contributed by atoms with van der Waals surface area (Å²) in [6.07, 6.45) is 3.54. The molecule has 1 heterocycles. The van der Waals surface area contributed by atoms with Crippen molar-refractivity contribution >= 4 is 17.5 Å². The van der Waals surface area contributed by atoms with Crippen LogP contribution in [0.4, 0.5) is 0 Å². The number of halogens is 1. The van der Waals surface area contributed by atoms with Crippen LogP contribution in [0.15, 0.2) is 66.9 Å². The summed E-state index contributed by atoms with van der Waals surface area (Å²) in [7, 11) is 0. The number of carbonyl (C=O) groups is 1. The van der Waals surface area contributed by atoms with Gasteiger partial charge in [0, 0.05) is 11.2 Å². The Labute approximate surface area is 169 Å². The fraction of sp³-hybridized carbons (Fsp3) is 0.217. The van der Waals surface area contributed by atoms with Gasteiger partial charge in [-0.25, -0.2) is 0 Å². The number of hydrogen-bond donors (Lipinski definition) is 1. The van der Waals surface area contributed by atoms with E-state index in [0.717, 1.165) is 29.7 Å². The van der Waals surface area contributed by atoms with Crippen molar-refractivity contribution in [3.8, 4) is 5.75 Å². The number of rotatable bonds is 6. The number of carbonyl (C=O) groups excluding carboxylic acids is 1. The van der Waals surface area contributed by atoms with E-state index in [9.17, 15) is 4.79 Å². The molecule has 0 spiro atoms.